The van der Waals surface area contributed by atoms with Gasteiger partial charge in [0.05, 0.1) is 20.8 Å². The Morgan fingerprint density at radius 3 is 2.32 bits per heavy atom. The van der Waals surface area contributed by atoms with E-state index in [-0.39, 0.29) is 25.6 Å². The normalized spacial score (nSPS) is 13.9. The fraction of sp³-hybridized carbons (Fsp3) is 0.375. The van der Waals surface area contributed by atoms with Crippen molar-refractivity contribution in [2.45, 2.75) is 18.9 Å². The SMILES string of the molecule is COc1cccc(OC)c1OCC(O)CNC(=O)CNC(=O)c1ccc(N2CCCC2=O)cc1. The van der Waals surface area contributed by atoms with Gasteiger partial charge in [-0.3, -0.25) is 14.4 Å². The maximum Gasteiger partial charge on any atom is 0.251 e. The molecule has 1 saturated heterocycles. The van der Waals surface area contributed by atoms with Gasteiger partial charge in [-0.1, -0.05) is 6.07 Å². The van der Waals surface area contributed by atoms with Gasteiger partial charge in [-0.05, 0) is 42.8 Å². The number of rotatable bonds is 11. The molecule has 0 aliphatic carbocycles. The Kier molecular flexibility index (Phi) is 8.69. The van der Waals surface area contributed by atoms with Gasteiger partial charge in [0.1, 0.15) is 12.7 Å². The average molecular weight is 472 g/mol. The highest BCUT2D eigenvalue weighted by Crippen LogP contribution is 2.36. The molecule has 0 bridgehead atoms. The molecule has 1 unspecified atom stereocenters. The van der Waals surface area contributed by atoms with Gasteiger partial charge >= 0.3 is 0 Å². The van der Waals surface area contributed by atoms with Crippen LogP contribution in [0.25, 0.3) is 0 Å². The van der Waals surface area contributed by atoms with Gasteiger partial charge in [-0.15, -0.1) is 0 Å². The monoisotopic (exact) mass is 471 g/mol. The highest BCUT2D eigenvalue weighted by molar-refractivity contribution is 5.98. The Labute approximate surface area is 197 Å². The molecule has 3 N–H and O–H groups in total. The number of carbonyl (C=O) groups is 3. The molecule has 0 radical (unpaired) electrons. The van der Waals surface area contributed by atoms with Crippen LogP contribution < -0.4 is 29.7 Å². The maximum atomic E-state index is 12.3. The molecular weight excluding hydrogens is 442 g/mol. The molecule has 0 aromatic heterocycles. The molecule has 1 aliphatic rings. The number of benzene rings is 2. The number of aliphatic hydroxyl groups is 1. The predicted octanol–water partition coefficient (Wildman–Crippen LogP) is 1.12. The van der Waals surface area contributed by atoms with Crippen molar-refractivity contribution in [3.05, 3.63) is 48.0 Å². The summed E-state index contributed by atoms with van der Waals surface area (Å²) in [6, 6.07) is 11.8. The molecule has 2 aromatic rings. The van der Waals surface area contributed by atoms with Crippen molar-refractivity contribution in [1.82, 2.24) is 10.6 Å². The smallest absolute Gasteiger partial charge is 0.251 e. The fourth-order valence-corrected chi connectivity index (χ4v) is 3.47. The van der Waals surface area contributed by atoms with E-state index in [4.69, 9.17) is 14.2 Å². The molecule has 0 saturated carbocycles. The zero-order chi connectivity index (χ0) is 24.5. The van der Waals surface area contributed by atoms with Crippen molar-refractivity contribution >= 4 is 23.4 Å². The Morgan fingerprint density at radius 1 is 1.06 bits per heavy atom. The molecule has 1 aliphatic heterocycles. The van der Waals surface area contributed by atoms with Gasteiger partial charge < -0.3 is 34.9 Å². The minimum absolute atomic E-state index is 0.0648. The van der Waals surface area contributed by atoms with E-state index >= 15 is 0 Å². The van der Waals surface area contributed by atoms with E-state index in [0.717, 1.165) is 12.1 Å². The van der Waals surface area contributed by atoms with Crippen molar-refractivity contribution in [3.63, 3.8) is 0 Å². The van der Waals surface area contributed by atoms with Crippen LogP contribution in [0, 0.1) is 0 Å². The van der Waals surface area contributed by atoms with Gasteiger partial charge in [0, 0.05) is 30.8 Å². The molecule has 3 amide bonds. The molecule has 0 spiro atoms. The number of methoxy groups -OCH3 is 2. The minimum atomic E-state index is -0.991. The first kappa shape index (κ1) is 24.8. The lowest BCUT2D eigenvalue weighted by Gasteiger charge is -2.17. The van der Waals surface area contributed by atoms with E-state index in [2.05, 4.69) is 10.6 Å². The van der Waals surface area contributed by atoms with Crippen molar-refractivity contribution in [2.24, 2.45) is 0 Å². The third kappa shape index (κ3) is 6.38. The fourth-order valence-electron chi connectivity index (χ4n) is 3.47. The number of hydrogen-bond acceptors (Lipinski definition) is 7. The molecule has 1 heterocycles. The molecule has 10 nitrogen and oxygen atoms in total. The molecule has 34 heavy (non-hydrogen) atoms. The summed E-state index contributed by atoms with van der Waals surface area (Å²) in [4.78, 5) is 37.9. The Morgan fingerprint density at radius 2 is 1.74 bits per heavy atom. The van der Waals surface area contributed by atoms with E-state index < -0.39 is 17.9 Å². The molecule has 3 rings (SSSR count). The first-order valence-electron chi connectivity index (χ1n) is 10.9. The first-order chi connectivity index (χ1) is 16.4. The number of ether oxygens (including phenoxy) is 3. The van der Waals surface area contributed by atoms with Crippen LogP contribution in [0.1, 0.15) is 23.2 Å². The molecule has 2 aromatic carbocycles. The van der Waals surface area contributed by atoms with Gasteiger partial charge in [-0.2, -0.15) is 0 Å². The lowest BCUT2D eigenvalue weighted by molar-refractivity contribution is -0.120. The zero-order valence-electron chi connectivity index (χ0n) is 19.2. The predicted molar refractivity (Wildman–Crippen MR) is 124 cm³/mol. The molecule has 10 heteroatoms. The van der Waals surface area contributed by atoms with E-state index in [9.17, 15) is 19.5 Å². The van der Waals surface area contributed by atoms with Crippen LogP contribution in [0.3, 0.4) is 0 Å². The largest absolute Gasteiger partial charge is 0.493 e. The Balaban J connectivity index is 1.40. The van der Waals surface area contributed by atoms with Crippen molar-refractivity contribution in [1.29, 1.82) is 0 Å². The molecular formula is C24H29N3O7. The number of nitrogens with one attached hydrogen (secondary N) is 2. The summed E-state index contributed by atoms with van der Waals surface area (Å²) >= 11 is 0. The second-order valence-electron chi connectivity index (χ2n) is 7.64. The number of hydrogen-bond donors (Lipinski definition) is 3. The Bertz CT molecular complexity index is 988. The van der Waals surface area contributed by atoms with Crippen LogP contribution in [0.4, 0.5) is 5.69 Å². The number of para-hydroxylation sites is 1. The number of carbonyl (C=O) groups excluding carboxylic acids is 3. The molecule has 1 fully saturated rings. The molecule has 182 valence electrons. The third-order valence-electron chi connectivity index (χ3n) is 5.26. The highest BCUT2D eigenvalue weighted by atomic mass is 16.5. The lowest BCUT2D eigenvalue weighted by Crippen LogP contribution is -2.41. The highest BCUT2D eigenvalue weighted by Gasteiger charge is 2.21. The maximum absolute atomic E-state index is 12.3. The van der Waals surface area contributed by atoms with Gasteiger partial charge in [0.15, 0.2) is 11.5 Å². The van der Waals surface area contributed by atoms with E-state index in [1.54, 1.807) is 47.4 Å². The van der Waals surface area contributed by atoms with Crippen LogP contribution in [-0.2, 0) is 9.59 Å². The van der Waals surface area contributed by atoms with E-state index in [0.29, 0.717) is 35.8 Å². The van der Waals surface area contributed by atoms with Crippen molar-refractivity contribution in [3.8, 4) is 17.2 Å². The number of amides is 3. The quantitative estimate of drug-likeness (QED) is 0.448. The summed E-state index contributed by atoms with van der Waals surface area (Å²) in [5.74, 6) is 0.466. The number of nitrogens with zero attached hydrogens (tertiary/aromatic N) is 1. The summed E-state index contributed by atoms with van der Waals surface area (Å²) in [6.07, 6.45) is 0.369. The minimum Gasteiger partial charge on any atom is -0.493 e. The third-order valence-corrected chi connectivity index (χ3v) is 5.26. The van der Waals surface area contributed by atoms with Crippen molar-refractivity contribution < 1.29 is 33.7 Å². The number of anilines is 1. The average Bonchev–Trinajstić information content (AvgIpc) is 3.30. The first-order valence-corrected chi connectivity index (χ1v) is 10.9. The van der Waals surface area contributed by atoms with Crippen molar-refractivity contribution in [2.75, 3.05) is 45.4 Å². The van der Waals surface area contributed by atoms with E-state index in [1.807, 2.05) is 0 Å². The molecule has 1 atom stereocenters. The van der Waals surface area contributed by atoms with Crippen LogP contribution in [0.5, 0.6) is 17.2 Å². The summed E-state index contributed by atoms with van der Waals surface area (Å²) in [5, 5.41) is 15.2. The van der Waals surface area contributed by atoms with Crippen LogP contribution in [0.2, 0.25) is 0 Å². The second kappa shape index (κ2) is 11.9. The zero-order valence-corrected chi connectivity index (χ0v) is 19.2. The summed E-state index contributed by atoms with van der Waals surface area (Å²) in [5.41, 5.74) is 1.13. The van der Waals surface area contributed by atoms with Gasteiger partial charge in [0.25, 0.3) is 5.91 Å². The summed E-state index contributed by atoms with van der Waals surface area (Å²) in [6.45, 7) is 0.257. The second-order valence-corrected chi connectivity index (χ2v) is 7.64. The lowest BCUT2D eigenvalue weighted by atomic mass is 10.2. The summed E-state index contributed by atoms with van der Waals surface area (Å²) in [7, 11) is 2.99. The van der Waals surface area contributed by atoms with E-state index in [1.165, 1.54) is 14.2 Å². The topological polar surface area (TPSA) is 126 Å². The van der Waals surface area contributed by atoms with Crippen LogP contribution >= 0.6 is 0 Å². The Hall–Kier alpha value is -3.79. The summed E-state index contributed by atoms with van der Waals surface area (Å²) < 4.78 is 16.1. The van der Waals surface area contributed by atoms with Gasteiger partial charge in [0.2, 0.25) is 17.6 Å². The van der Waals surface area contributed by atoms with Crippen LogP contribution in [-0.4, -0.2) is 69.4 Å². The number of aliphatic hydroxyl groups excluding tert-OH is 1. The standard InChI is InChI=1S/C24H29N3O7/c1-32-19-5-3-6-20(33-2)23(19)34-15-18(28)13-25-21(29)14-26-24(31)16-8-10-17(11-9-16)27-12-4-7-22(27)30/h3,5-6,8-11,18,28H,4,7,12-15H2,1-2H3,(H,25,29)(H,26,31). The van der Waals surface area contributed by atoms with Gasteiger partial charge in [-0.25, -0.2) is 0 Å². The van der Waals surface area contributed by atoms with Crippen LogP contribution in [0.15, 0.2) is 42.5 Å².